The first-order valence-corrected chi connectivity index (χ1v) is 7.85. The van der Waals surface area contributed by atoms with Crippen molar-refractivity contribution in [3.63, 3.8) is 0 Å². The molecule has 0 fully saturated rings. The van der Waals surface area contributed by atoms with Crippen LogP contribution in [0.2, 0.25) is 0 Å². The summed E-state index contributed by atoms with van der Waals surface area (Å²) in [6, 6.07) is 4.52. The number of rotatable bonds is 5. The summed E-state index contributed by atoms with van der Waals surface area (Å²) in [6.07, 6.45) is -5.02. The number of fused-ring (bicyclic) bond motifs is 1. The molecule has 1 aromatic rings. The number of halogens is 3. The van der Waals surface area contributed by atoms with E-state index in [2.05, 4.69) is 4.74 Å². The molecule has 0 saturated carbocycles. The van der Waals surface area contributed by atoms with Crippen molar-refractivity contribution in [3.05, 3.63) is 23.8 Å². The Morgan fingerprint density at radius 3 is 2.56 bits per heavy atom. The summed E-state index contributed by atoms with van der Waals surface area (Å²) in [5, 5.41) is 0. The molecule has 0 spiro atoms. The van der Waals surface area contributed by atoms with Gasteiger partial charge in [0.05, 0.1) is 18.4 Å². The van der Waals surface area contributed by atoms with Gasteiger partial charge in [0.1, 0.15) is 5.75 Å². The smallest absolute Gasteiger partial charge is 0.389 e. The van der Waals surface area contributed by atoms with Crippen LogP contribution in [0.15, 0.2) is 18.2 Å². The van der Waals surface area contributed by atoms with Gasteiger partial charge in [-0.1, -0.05) is 0 Å². The Balaban J connectivity index is 2.25. The molecule has 0 saturated heterocycles. The van der Waals surface area contributed by atoms with Gasteiger partial charge in [0, 0.05) is 13.0 Å². The summed E-state index contributed by atoms with van der Waals surface area (Å²) in [6.45, 7) is 3.30. The Bertz CT molecular complexity index is 670. The lowest BCUT2D eigenvalue weighted by atomic mass is 10.0. The maximum atomic E-state index is 12.6. The SMILES string of the molecule is COC(=O)c1ccc2c(c1)N(CCCCC(F)(F)F)C(=O)C(C)(C)O2. The number of unbranched alkanes of at least 4 members (excludes halogenated alkanes) is 1. The third-order valence-corrected chi connectivity index (χ3v) is 3.89. The molecule has 1 aliphatic rings. The van der Waals surface area contributed by atoms with Crippen LogP contribution in [0.25, 0.3) is 0 Å². The van der Waals surface area contributed by atoms with Gasteiger partial charge in [0.25, 0.3) is 5.91 Å². The average Bonchev–Trinajstić information content (AvgIpc) is 2.52. The average molecular weight is 359 g/mol. The van der Waals surface area contributed by atoms with E-state index in [-0.39, 0.29) is 30.9 Å². The molecule has 0 radical (unpaired) electrons. The second kappa shape index (κ2) is 6.93. The molecular formula is C17H20F3NO4. The predicted octanol–water partition coefficient (Wildman–Crippen LogP) is 3.71. The molecule has 138 valence electrons. The molecule has 0 aliphatic carbocycles. The van der Waals surface area contributed by atoms with E-state index in [0.717, 1.165) is 0 Å². The number of methoxy groups -OCH3 is 1. The van der Waals surface area contributed by atoms with Crippen molar-refractivity contribution in [3.8, 4) is 5.75 Å². The van der Waals surface area contributed by atoms with E-state index in [9.17, 15) is 22.8 Å². The van der Waals surface area contributed by atoms with E-state index in [1.54, 1.807) is 19.9 Å². The molecule has 25 heavy (non-hydrogen) atoms. The number of ether oxygens (including phenoxy) is 2. The van der Waals surface area contributed by atoms with Crippen molar-refractivity contribution in [1.29, 1.82) is 0 Å². The summed E-state index contributed by atoms with van der Waals surface area (Å²) in [7, 11) is 1.24. The molecular weight excluding hydrogens is 339 g/mol. The minimum atomic E-state index is -4.22. The lowest BCUT2D eigenvalue weighted by Gasteiger charge is -2.39. The molecule has 1 aliphatic heterocycles. The van der Waals surface area contributed by atoms with Crippen LogP contribution in [-0.2, 0) is 9.53 Å². The van der Waals surface area contributed by atoms with Gasteiger partial charge in [-0.05, 0) is 44.9 Å². The summed E-state index contributed by atoms with van der Waals surface area (Å²) in [5.41, 5.74) is -0.541. The number of anilines is 1. The molecule has 5 nitrogen and oxygen atoms in total. The van der Waals surface area contributed by atoms with Crippen LogP contribution >= 0.6 is 0 Å². The van der Waals surface area contributed by atoms with Gasteiger partial charge in [-0.15, -0.1) is 0 Å². The predicted molar refractivity (Wildman–Crippen MR) is 84.7 cm³/mol. The number of carbonyl (C=O) groups is 2. The van der Waals surface area contributed by atoms with E-state index in [1.807, 2.05) is 0 Å². The van der Waals surface area contributed by atoms with Gasteiger partial charge in [-0.3, -0.25) is 4.79 Å². The Kier molecular flexibility index (Phi) is 5.29. The summed E-state index contributed by atoms with van der Waals surface area (Å²) < 4.78 is 47.2. The number of carbonyl (C=O) groups excluding carboxylic acids is 2. The Hall–Kier alpha value is -2.25. The second-order valence-electron chi connectivity index (χ2n) is 6.32. The number of esters is 1. The molecule has 0 aromatic heterocycles. The fourth-order valence-electron chi connectivity index (χ4n) is 2.63. The van der Waals surface area contributed by atoms with Crippen molar-refractivity contribution in [2.75, 3.05) is 18.6 Å². The summed E-state index contributed by atoms with van der Waals surface area (Å²) in [5.74, 6) is -0.542. The van der Waals surface area contributed by atoms with Crippen molar-refractivity contribution in [2.24, 2.45) is 0 Å². The number of nitrogens with zero attached hydrogens (tertiary/aromatic N) is 1. The van der Waals surface area contributed by atoms with E-state index in [1.165, 1.54) is 24.1 Å². The number of hydrogen-bond acceptors (Lipinski definition) is 4. The van der Waals surface area contributed by atoms with E-state index in [4.69, 9.17) is 4.74 Å². The lowest BCUT2D eigenvalue weighted by molar-refractivity contribution is -0.135. The largest absolute Gasteiger partial charge is 0.476 e. The first-order valence-electron chi connectivity index (χ1n) is 7.85. The van der Waals surface area contributed by atoms with Gasteiger partial charge in [-0.2, -0.15) is 13.2 Å². The maximum Gasteiger partial charge on any atom is 0.389 e. The standard InChI is InChI=1S/C17H20F3NO4/c1-16(2)15(23)21(9-5-4-8-17(18,19)20)12-10-11(14(22)24-3)6-7-13(12)25-16/h6-7,10H,4-5,8-9H2,1-3H3. The lowest BCUT2D eigenvalue weighted by Crippen LogP contribution is -2.52. The van der Waals surface area contributed by atoms with Crippen molar-refractivity contribution in [1.82, 2.24) is 0 Å². The zero-order valence-electron chi connectivity index (χ0n) is 14.3. The van der Waals surface area contributed by atoms with Crippen LogP contribution in [0.3, 0.4) is 0 Å². The Morgan fingerprint density at radius 2 is 1.96 bits per heavy atom. The molecule has 0 N–H and O–H groups in total. The third kappa shape index (κ3) is 4.43. The zero-order valence-corrected chi connectivity index (χ0v) is 14.3. The zero-order chi connectivity index (χ0) is 18.8. The highest BCUT2D eigenvalue weighted by Crippen LogP contribution is 2.38. The van der Waals surface area contributed by atoms with Crippen molar-refractivity contribution >= 4 is 17.6 Å². The molecule has 2 rings (SSSR count). The van der Waals surface area contributed by atoms with Crippen LogP contribution < -0.4 is 9.64 Å². The van der Waals surface area contributed by atoms with Gasteiger partial charge in [0.2, 0.25) is 0 Å². The molecule has 0 unspecified atom stereocenters. The van der Waals surface area contributed by atoms with Crippen molar-refractivity contribution in [2.45, 2.75) is 44.9 Å². The van der Waals surface area contributed by atoms with Gasteiger partial charge >= 0.3 is 12.1 Å². The summed E-state index contributed by atoms with van der Waals surface area (Å²) in [4.78, 5) is 25.7. The number of hydrogen-bond donors (Lipinski definition) is 0. The van der Waals surface area contributed by atoms with Gasteiger partial charge < -0.3 is 14.4 Å². The fraction of sp³-hybridized carbons (Fsp3) is 0.529. The third-order valence-electron chi connectivity index (χ3n) is 3.89. The highest BCUT2D eigenvalue weighted by Gasteiger charge is 2.41. The van der Waals surface area contributed by atoms with Gasteiger partial charge in [-0.25, -0.2) is 4.79 Å². The first-order chi connectivity index (χ1) is 11.5. The second-order valence-corrected chi connectivity index (χ2v) is 6.32. The highest BCUT2D eigenvalue weighted by atomic mass is 19.4. The minimum absolute atomic E-state index is 0.0827. The van der Waals surface area contributed by atoms with Crippen LogP contribution in [-0.4, -0.2) is 37.3 Å². The monoisotopic (exact) mass is 359 g/mol. The molecule has 1 amide bonds. The maximum absolute atomic E-state index is 12.6. The van der Waals surface area contributed by atoms with Crippen LogP contribution in [0, 0.1) is 0 Å². The van der Waals surface area contributed by atoms with E-state index in [0.29, 0.717) is 11.4 Å². The number of alkyl halides is 3. The Labute approximate surface area is 143 Å². The van der Waals surface area contributed by atoms with E-state index < -0.39 is 24.2 Å². The first kappa shape index (κ1) is 19.1. The molecule has 8 heteroatoms. The highest BCUT2D eigenvalue weighted by molar-refractivity contribution is 6.03. The number of benzene rings is 1. The fourth-order valence-corrected chi connectivity index (χ4v) is 2.63. The van der Waals surface area contributed by atoms with Crippen LogP contribution in [0.4, 0.5) is 18.9 Å². The van der Waals surface area contributed by atoms with Gasteiger partial charge in [0.15, 0.2) is 5.60 Å². The van der Waals surface area contributed by atoms with Crippen LogP contribution in [0.5, 0.6) is 5.75 Å². The van der Waals surface area contributed by atoms with Crippen molar-refractivity contribution < 1.29 is 32.2 Å². The summed E-state index contributed by atoms with van der Waals surface area (Å²) >= 11 is 0. The molecule has 1 aromatic carbocycles. The Morgan fingerprint density at radius 1 is 1.28 bits per heavy atom. The molecule has 0 atom stereocenters. The molecule has 1 heterocycles. The van der Waals surface area contributed by atoms with E-state index >= 15 is 0 Å². The quantitative estimate of drug-likeness (QED) is 0.594. The topological polar surface area (TPSA) is 55.8 Å². The normalized spacial score (nSPS) is 16.2. The van der Waals surface area contributed by atoms with Crippen LogP contribution in [0.1, 0.15) is 43.5 Å². The minimum Gasteiger partial charge on any atom is -0.476 e. The number of amides is 1. The molecule has 0 bridgehead atoms.